The topological polar surface area (TPSA) is 53.6 Å². The van der Waals surface area contributed by atoms with Crippen LogP contribution in [0.25, 0.3) is 0 Å². The van der Waals surface area contributed by atoms with Gasteiger partial charge in [0.1, 0.15) is 5.70 Å². The number of aryl methyl sites for hydroxylation is 1. The highest BCUT2D eigenvalue weighted by Gasteiger charge is 2.33. The summed E-state index contributed by atoms with van der Waals surface area (Å²) in [4.78, 5) is 12.0. The summed E-state index contributed by atoms with van der Waals surface area (Å²) in [6.07, 6.45) is 3.21. The van der Waals surface area contributed by atoms with Gasteiger partial charge in [0.2, 0.25) is 5.95 Å². The normalized spacial score (nSPS) is 16.6. The van der Waals surface area contributed by atoms with E-state index in [1.165, 1.54) is 11.4 Å². The number of para-hydroxylation sites is 1. The number of nitrogens with one attached hydrogen (secondary N) is 2. The Bertz CT molecular complexity index is 727. The van der Waals surface area contributed by atoms with Crippen molar-refractivity contribution in [1.29, 1.82) is 0 Å². The molecule has 1 aromatic rings. The van der Waals surface area contributed by atoms with Gasteiger partial charge in [-0.2, -0.15) is 4.39 Å². The lowest BCUT2D eigenvalue weighted by atomic mass is 10.1. The molecule has 0 bridgehead atoms. The van der Waals surface area contributed by atoms with E-state index in [-0.39, 0.29) is 11.3 Å². The van der Waals surface area contributed by atoms with Crippen molar-refractivity contribution in [2.75, 3.05) is 12.4 Å². The highest BCUT2D eigenvalue weighted by atomic mass is 32.2. The van der Waals surface area contributed by atoms with Gasteiger partial charge >= 0.3 is 5.97 Å². The highest BCUT2D eigenvalue weighted by molar-refractivity contribution is 7.95. The van der Waals surface area contributed by atoms with Gasteiger partial charge in [-0.15, -0.1) is 0 Å². The first-order valence-electron chi connectivity index (χ1n) is 6.57. The fourth-order valence-electron chi connectivity index (χ4n) is 2.17. The third-order valence-corrected chi connectivity index (χ3v) is 4.12. The van der Waals surface area contributed by atoms with Gasteiger partial charge in [0, 0.05) is 11.9 Å². The van der Waals surface area contributed by atoms with Crippen molar-refractivity contribution in [3.8, 4) is 0 Å². The minimum Gasteiger partial charge on any atom is -0.465 e. The Hall–Kier alpha value is -2.41. The Morgan fingerprint density at radius 1 is 1.41 bits per heavy atom. The van der Waals surface area contributed by atoms with Crippen LogP contribution in [0.3, 0.4) is 0 Å². The molecule has 0 radical (unpaired) electrons. The monoisotopic (exact) mass is 319 g/mol. The molecule has 0 atom stereocenters. The Balaban J connectivity index is 2.04. The van der Waals surface area contributed by atoms with Crippen LogP contribution < -0.4 is 10.0 Å². The molecule has 2 N–H and O–H groups in total. The predicted octanol–water partition coefficient (Wildman–Crippen LogP) is 2.97. The van der Waals surface area contributed by atoms with Crippen molar-refractivity contribution in [2.24, 2.45) is 0 Å². The molecule has 0 saturated carbocycles. The number of benzene rings is 1. The second-order valence-corrected chi connectivity index (χ2v) is 5.51. The number of carbonyl (C=O) groups excluding carboxylic acids is 1. The molecular weight excluding hydrogens is 305 g/mol. The number of carbonyl (C=O) groups is 1. The number of esters is 1. The molecule has 7 heteroatoms. The molecule has 114 valence electrons. The van der Waals surface area contributed by atoms with Crippen LogP contribution in [-0.2, 0) is 9.53 Å². The van der Waals surface area contributed by atoms with E-state index in [1.54, 1.807) is 12.3 Å². The number of ether oxygens (including phenoxy) is 1. The summed E-state index contributed by atoms with van der Waals surface area (Å²) in [6, 6.07) is 7.47. The van der Waals surface area contributed by atoms with Crippen LogP contribution in [0.4, 0.5) is 10.1 Å². The van der Waals surface area contributed by atoms with Gasteiger partial charge in [0.05, 0.1) is 30.5 Å². The molecule has 0 aromatic heterocycles. The largest absolute Gasteiger partial charge is 0.465 e. The molecule has 5 nitrogen and oxygen atoms in total. The van der Waals surface area contributed by atoms with E-state index in [0.717, 1.165) is 23.4 Å². The predicted molar refractivity (Wildman–Crippen MR) is 83.7 cm³/mol. The number of allylic oxidation sites excluding steroid dienone is 1. The second-order valence-electron chi connectivity index (χ2n) is 4.73. The summed E-state index contributed by atoms with van der Waals surface area (Å²) in [6.45, 7) is 1.91. The highest BCUT2D eigenvalue weighted by Crippen LogP contribution is 2.38. The quantitative estimate of drug-likeness (QED) is 0.507. The molecule has 0 fully saturated rings. The smallest absolute Gasteiger partial charge is 0.340 e. The zero-order valence-electron chi connectivity index (χ0n) is 12.0. The molecule has 0 unspecified atom stereocenters. The number of anilines is 1. The lowest BCUT2D eigenvalue weighted by Crippen LogP contribution is -2.24. The molecule has 2 aliphatic heterocycles. The number of halogens is 1. The van der Waals surface area contributed by atoms with Crippen LogP contribution in [0.2, 0.25) is 0 Å². The summed E-state index contributed by atoms with van der Waals surface area (Å²) in [5, 5.41) is 3.00. The van der Waals surface area contributed by atoms with Gasteiger partial charge in [-0.05, 0) is 24.6 Å². The average Bonchev–Trinajstić information content (AvgIpc) is 2.99. The SMILES string of the molecule is COC(=O)C1=CC2=CNSN2C(F)=C1Nc1ccccc1C. The summed E-state index contributed by atoms with van der Waals surface area (Å²) < 4.78 is 23.7. The zero-order valence-corrected chi connectivity index (χ0v) is 12.8. The number of rotatable bonds is 3. The van der Waals surface area contributed by atoms with Crippen LogP contribution in [0, 0.1) is 6.92 Å². The second kappa shape index (κ2) is 5.76. The molecule has 0 spiro atoms. The minimum absolute atomic E-state index is 0.0921. The van der Waals surface area contributed by atoms with Gasteiger partial charge in [-0.25, -0.2) is 9.10 Å². The number of methoxy groups -OCH3 is 1. The molecule has 0 aliphatic carbocycles. The maximum atomic E-state index is 14.8. The molecular formula is C15H14FN3O2S. The molecule has 2 heterocycles. The molecule has 2 aliphatic rings. The molecule has 3 rings (SSSR count). The maximum absolute atomic E-state index is 14.8. The molecule has 0 amide bonds. The van der Waals surface area contributed by atoms with E-state index in [9.17, 15) is 9.18 Å². The Kier molecular flexibility index (Phi) is 3.81. The van der Waals surface area contributed by atoms with Crippen molar-refractivity contribution in [2.45, 2.75) is 6.92 Å². The number of fused-ring (bicyclic) bond motifs is 1. The zero-order chi connectivity index (χ0) is 15.7. The third kappa shape index (κ3) is 2.43. The van der Waals surface area contributed by atoms with Crippen LogP contribution in [0.5, 0.6) is 0 Å². The summed E-state index contributed by atoms with van der Waals surface area (Å²) >= 11 is 1.10. The van der Waals surface area contributed by atoms with E-state index in [2.05, 4.69) is 10.0 Å². The lowest BCUT2D eigenvalue weighted by Gasteiger charge is -2.25. The number of hydrogen-bond donors (Lipinski definition) is 2. The van der Waals surface area contributed by atoms with Gasteiger partial charge in [-0.1, -0.05) is 18.2 Å². The van der Waals surface area contributed by atoms with Gasteiger partial charge in [0.25, 0.3) is 0 Å². The van der Waals surface area contributed by atoms with E-state index >= 15 is 0 Å². The van der Waals surface area contributed by atoms with Crippen LogP contribution in [0.1, 0.15) is 5.56 Å². The average molecular weight is 319 g/mol. The maximum Gasteiger partial charge on any atom is 0.340 e. The Morgan fingerprint density at radius 2 is 2.18 bits per heavy atom. The van der Waals surface area contributed by atoms with Crippen molar-refractivity contribution < 1.29 is 13.9 Å². The Morgan fingerprint density at radius 3 is 2.91 bits per heavy atom. The first kappa shape index (κ1) is 14.5. The van der Waals surface area contributed by atoms with Crippen molar-refractivity contribution in [3.05, 3.63) is 65.0 Å². The van der Waals surface area contributed by atoms with E-state index in [1.807, 2.05) is 31.2 Å². The van der Waals surface area contributed by atoms with Crippen LogP contribution >= 0.6 is 12.1 Å². The molecule has 22 heavy (non-hydrogen) atoms. The van der Waals surface area contributed by atoms with Gasteiger partial charge in [0.15, 0.2) is 0 Å². The fourth-order valence-corrected chi connectivity index (χ4v) is 2.84. The number of nitrogens with zero attached hydrogens (tertiary/aromatic N) is 1. The first-order chi connectivity index (χ1) is 10.6. The van der Waals surface area contributed by atoms with E-state index in [0.29, 0.717) is 5.70 Å². The number of hydrogen-bond acceptors (Lipinski definition) is 6. The first-order valence-corrected chi connectivity index (χ1v) is 7.34. The van der Waals surface area contributed by atoms with Crippen LogP contribution in [-0.4, -0.2) is 17.4 Å². The summed E-state index contributed by atoms with van der Waals surface area (Å²) in [5.74, 6) is -1.14. The van der Waals surface area contributed by atoms with Gasteiger partial charge in [-0.3, -0.25) is 0 Å². The van der Waals surface area contributed by atoms with Crippen LogP contribution in [0.15, 0.2) is 59.5 Å². The molecule has 1 aromatic carbocycles. The standard InChI is InChI=1S/C15H14FN3O2S/c1-9-5-3-4-6-12(9)18-13-11(15(20)21-2)7-10-8-17-22-19(10)14(13)16/h3-8,17-18H,1-2H3. The van der Waals surface area contributed by atoms with Gasteiger partial charge < -0.3 is 14.8 Å². The van der Waals surface area contributed by atoms with E-state index in [4.69, 9.17) is 4.74 Å². The van der Waals surface area contributed by atoms with E-state index < -0.39 is 11.9 Å². The lowest BCUT2D eigenvalue weighted by molar-refractivity contribution is -0.135. The summed E-state index contributed by atoms with van der Waals surface area (Å²) in [7, 11) is 1.27. The Labute approximate surface area is 131 Å². The van der Waals surface area contributed by atoms with Crippen molar-refractivity contribution in [3.63, 3.8) is 0 Å². The van der Waals surface area contributed by atoms with Crippen molar-refractivity contribution in [1.82, 2.24) is 9.03 Å². The summed E-state index contributed by atoms with van der Waals surface area (Å²) in [5.41, 5.74) is 2.47. The van der Waals surface area contributed by atoms with Crippen molar-refractivity contribution >= 4 is 23.8 Å². The molecule has 0 saturated heterocycles. The third-order valence-electron chi connectivity index (χ3n) is 3.34. The minimum atomic E-state index is -0.594. The fraction of sp³-hybridized carbons (Fsp3) is 0.133.